The van der Waals surface area contributed by atoms with Gasteiger partial charge in [0.05, 0.1) is 17.9 Å². The molecule has 4 nitrogen and oxygen atoms in total. The number of nitrogens with zero attached hydrogens (tertiary/aromatic N) is 1. The predicted octanol–water partition coefficient (Wildman–Crippen LogP) is 0.625. The molecule has 98 valence electrons. The maximum absolute atomic E-state index is 13.0. The van der Waals surface area contributed by atoms with Gasteiger partial charge in [0.2, 0.25) is 5.91 Å². The zero-order valence-corrected chi connectivity index (χ0v) is 10.6. The lowest BCUT2D eigenvalue weighted by molar-refractivity contribution is -0.130. The second kappa shape index (κ2) is 5.06. The molecule has 6 heteroatoms. The van der Waals surface area contributed by atoms with Gasteiger partial charge in [-0.3, -0.25) is 4.79 Å². The predicted molar refractivity (Wildman–Crippen MR) is 65.3 cm³/mol. The van der Waals surface area contributed by atoms with Crippen molar-refractivity contribution in [3.8, 4) is 0 Å². The highest BCUT2D eigenvalue weighted by Gasteiger charge is 2.24. The molecule has 1 aromatic carbocycles. The highest BCUT2D eigenvalue weighted by molar-refractivity contribution is 7.91. The van der Waals surface area contributed by atoms with Crippen molar-refractivity contribution in [3.05, 3.63) is 35.6 Å². The molecule has 0 spiro atoms. The Bertz CT molecular complexity index is 542. The van der Waals surface area contributed by atoms with Gasteiger partial charge >= 0.3 is 0 Å². The first-order chi connectivity index (χ1) is 8.46. The Morgan fingerprint density at radius 2 is 1.94 bits per heavy atom. The number of amides is 1. The zero-order valence-electron chi connectivity index (χ0n) is 9.80. The number of rotatable bonds is 2. The van der Waals surface area contributed by atoms with E-state index in [1.807, 2.05) is 0 Å². The largest absolute Gasteiger partial charge is 0.340 e. The van der Waals surface area contributed by atoms with Crippen LogP contribution in [-0.4, -0.2) is 43.8 Å². The van der Waals surface area contributed by atoms with E-state index >= 15 is 0 Å². The van der Waals surface area contributed by atoms with Crippen molar-refractivity contribution >= 4 is 15.7 Å². The Labute approximate surface area is 105 Å². The van der Waals surface area contributed by atoms with Crippen molar-refractivity contribution < 1.29 is 17.6 Å². The molecule has 0 saturated carbocycles. The molecule has 0 unspecified atom stereocenters. The number of carbonyl (C=O) groups is 1. The normalized spacial score (nSPS) is 18.6. The smallest absolute Gasteiger partial charge is 0.227 e. The first-order valence-corrected chi connectivity index (χ1v) is 7.51. The fraction of sp³-hybridized carbons (Fsp3) is 0.417. The average Bonchev–Trinajstić information content (AvgIpc) is 2.28. The summed E-state index contributed by atoms with van der Waals surface area (Å²) in [6.07, 6.45) is 0.109. The molecule has 1 amide bonds. The Morgan fingerprint density at radius 1 is 1.28 bits per heavy atom. The monoisotopic (exact) mass is 271 g/mol. The van der Waals surface area contributed by atoms with Gasteiger partial charge in [-0.1, -0.05) is 12.1 Å². The molecule has 0 aliphatic carbocycles. The van der Waals surface area contributed by atoms with Crippen LogP contribution >= 0.6 is 0 Å². The summed E-state index contributed by atoms with van der Waals surface area (Å²) in [6, 6.07) is 5.88. The zero-order chi connectivity index (χ0) is 13.2. The fourth-order valence-electron chi connectivity index (χ4n) is 1.90. The van der Waals surface area contributed by atoms with E-state index in [0.29, 0.717) is 5.56 Å². The van der Waals surface area contributed by atoms with Crippen LogP contribution in [0.4, 0.5) is 4.39 Å². The molecule has 0 atom stereocenters. The molecule has 1 heterocycles. The maximum atomic E-state index is 13.0. The summed E-state index contributed by atoms with van der Waals surface area (Å²) < 4.78 is 35.4. The van der Waals surface area contributed by atoms with Crippen LogP contribution in [0.15, 0.2) is 24.3 Å². The van der Waals surface area contributed by atoms with Gasteiger partial charge in [0.25, 0.3) is 0 Å². The summed E-state index contributed by atoms with van der Waals surface area (Å²) in [5, 5.41) is 0. The molecular formula is C12H14FNO3S. The first kappa shape index (κ1) is 13.0. The molecule has 0 radical (unpaired) electrons. The van der Waals surface area contributed by atoms with E-state index in [9.17, 15) is 17.6 Å². The van der Waals surface area contributed by atoms with Gasteiger partial charge in [-0.15, -0.1) is 0 Å². The van der Waals surface area contributed by atoms with Gasteiger partial charge in [0, 0.05) is 13.1 Å². The SMILES string of the molecule is O=C(Cc1cccc(F)c1)N1CCS(=O)(=O)CC1. The van der Waals surface area contributed by atoms with Crippen LogP contribution < -0.4 is 0 Å². The summed E-state index contributed by atoms with van der Waals surface area (Å²) in [6.45, 7) is 0.465. The maximum Gasteiger partial charge on any atom is 0.227 e. The summed E-state index contributed by atoms with van der Waals surface area (Å²) >= 11 is 0. The van der Waals surface area contributed by atoms with Crippen LogP contribution in [0.1, 0.15) is 5.56 Å². The second-order valence-electron chi connectivity index (χ2n) is 4.34. The molecule has 18 heavy (non-hydrogen) atoms. The molecule has 1 aliphatic heterocycles. The minimum atomic E-state index is -2.98. The van der Waals surface area contributed by atoms with Crippen LogP contribution in [0, 0.1) is 5.82 Å². The lowest BCUT2D eigenvalue weighted by Crippen LogP contribution is -2.44. The van der Waals surface area contributed by atoms with Gasteiger partial charge in [-0.25, -0.2) is 12.8 Å². The quantitative estimate of drug-likeness (QED) is 0.792. The average molecular weight is 271 g/mol. The topological polar surface area (TPSA) is 54.5 Å². The second-order valence-corrected chi connectivity index (χ2v) is 6.64. The van der Waals surface area contributed by atoms with Crippen molar-refractivity contribution in [2.45, 2.75) is 6.42 Å². The van der Waals surface area contributed by atoms with Crippen LogP contribution in [0.2, 0.25) is 0 Å². The van der Waals surface area contributed by atoms with Crippen molar-refractivity contribution in [3.63, 3.8) is 0 Å². The first-order valence-electron chi connectivity index (χ1n) is 5.69. The summed E-state index contributed by atoms with van der Waals surface area (Å²) in [7, 11) is -2.98. The van der Waals surface area contributed by atoms with E-state index in [4.69, 9.17) is 0 Å². The molecule has 2 rings (SSSR count). The standard InChI is InChI=1S/C12H14FNO3S/c13-11-3-1-2-10(8-11)9-12(15)14-4-6-18(16,17)7-5-14/h1-3,8H,4-7,9H2. The number of hydrogen-bond donors (Lipinski definition) is 0. The summed E-state index contributed by atoms with van der Waals surface area (Å²) in [5.74, 6) is -0.499. The number of benzene rings is 1. The van der Waals surface area contributed by atoms with E-state index in [-0.39, 0.29) is 42.7 Å². The van der Waals surface area contributed by atoms with Crippen LogP contribution in [0.5, 0.6) is 0 Å². The van der Waals surface area contributed by atoms with E-state index in [0.717, 1.165) is 0 Å². The van der Waals surface area contributed by atoms with Gasteiger partial charge < -0.3 is 4.90 Å². The highest BCUT2D eigenvalue weighted by atomic mass is 32.2. The van der Waals surface area contributed by atoms with Gasteiger partial charge in [0.1, 0.15) is 5.82 Å². The third kappa shape index (κ3) is 3.29. The molecular weight excluding hydrogens is 257 g/mol. The highest BCUT2D eigenvalue weighted by Crippen LogP contribution is 2.09. The third-order valence-corrected chi connectivity index (χ3v) is 4.55. The van der Waals surface area contributed by atoms with Crippen LogP contribution in [0.3, 0.4) is 0 Å². The lowest BCUT2D eigenvalue weighted by Gasteiger charge is -2.26. The minimum Gasteiger partial charge on any atom is -0.340 e. The lowest BCUT2D eigenvalue weighted by atomic mass is 10.1. The van der Waals surface area contributed by atoms with Crippen LogP contribution in [0.25, 0.3) is 0 Å². The van der Waals surface area contributed by atoms with E-state index in [2.05, 4.69) is 0 Å². The molecule has 1 aliphatic rings. The Morgan fingerprint density at radius 3 is 2.56 bits per heavy atom. The number of sulfone groups is 1. The van der Waals surface area contributed by atoms with Crippen molar-refractivity contribution in [1.29, 1.82) is 0 Å². The molecule has 1 aromatic rings. The molecule has 0 N–H and O–H groups in total. The van der Waals surface area contributed by atoms with E-state index in [1.54, 1.807) is 12.1 Å². The van der Waals surface area contributed by atoms with Crippen LogP contribution in [-0.2, 0) is 21.1 Å². The van der Waals surface area contributed by atoms with Gasteiger partial charge in [0.15, 0.2) is 9.84 Å². The third-order valence-electron chi connectivity index (χ3n) is 2.94. The van der Waals surface area contributed by atoms with Gasteiger partial charge in [-0.05, 0) is 17.7 Å². The summed E-state index contributed by atoms with van der Waals surface area (Å²) in [5.41, 5.74) is 0.605. The number of halogens is 1. The van der Waals surface area contributed by atoms with Crippen molar-refractivity contribution in [1.82, 2.24) is 4.90 Å². The number of hydrogen-bond acceptors (Lipinski definition) is 3. The molecule has 1 saturated heterocycles. The van der Waals surface area contributed by atoms with E-state index in [1.165, 1.54) is 17.0 Å². The Balaban J connectivity index is 1.97. The van der Waals surface area contributed by atoms with Crippen molar-refractivity contribution in [2.24, 2.45) is 0 Å². The Kier molecular flexibility index (Phi) is 3.65. The minimum absolute atomic E-state index is 0.0158. The van der Waals surface area contributed by atoms with E-state index < -0.39 is 9.84 Å². The number of carbonyl (C=O) groups excluding carboxylic acids is 1. The van der Waals surface area contributed by atoms with Gasteiger partial charge in [-0.2, -0.15) is 0 Å². The Hall–Kier alpha value is -1.43. The molecule has 0 aromatic heterocycles. The molecule has 0 bridgehead atoms. The molecule has 1 fully saturated rings. The van der Waals surface area contributed by atoms with Crippen molar-refractivity contribution in [2.75, 3.05) is 24.6 Å². The summed E-state index contributed by atoms with van der Waals surface area (Å²) in [4.78, 5) is 13.4. The fourth-order valence-corrected chi connectivity index (χ4v) is 3.10.